The third kappa shape index (κ3) is 5.14. The van der Waals surface area contributed by atoms with Crippen molar-refractivity contribution in [3.63, 3.8) is 0 Å². The van der Waals surface area contributed by atoms with Crippen LogP contribution in [-0.2, 0) is 5.41 Å². The third-order valence-electron chi connectivity index (χ3n) is 8.25. The van der Waals surface area contributed by atoms with E-state index in [1.54, 1.807) is 0 Å². The van der Waals surface area contributed by atoms with Crippen molar-refractivity contribution in [2.45, 2.75) is 19.3 Å². The summed E-state index contributed by atoms with van der Waals surface area (Å²) in [5, 5.41) is 0. The van der Waals surface area contributed by atoms with Gasteiger partial charge in [0.05, 0.1) is 5.41 Å². The Kier molecular flexibility index (Phi) is 7.41. The number of fused-ring (bicyclic) bond motifs is 3. The van der Waals surface area contributed by atoms with Gasteiger partial charge in [0.2, 0.25) is 0 Å². The molecule has 1 aliphatic carbocycles. The number of rotatable bonds is 6. The highest BCUT2D eigenvalue weighted by molar-refractivity contribution is 5.86. The molecule has 0 atom stereocenters. The van der Waals surface area contributed by atoms with E-state index in [9.17, 15) is 0 Å². The topological polar surface area (TPSA) is 18.5 Å². The fourth-order valence-electron chi connectivity index (χ4n) is 6.34. The third-order valence-corrected chi connectivity index (χ3v) is 8.25. The van der Waals surface area contributed by atoms with Crippen LogP contribution in [0.2, 0.25) is 0 Å². The smallest absolute Gasteiger partial charge is 0.127 e. The first kappa shape index (κ1) is 27.8. The Morgan fingerprint density at radius 3 is 1.09 bits per heavy atom. The Bertz CT molecular complexity index is 1940. The Balaban J connectivity index is 1.28. The summed E-state index contributed by atoms with van der Waals surface area (Å²) in [6, 6.07) is 50.2. The SMILES string of the molecule is CC#Cc1ccc(Oc2ccc(C3(c4ccc(Oc5ccc(C#CC)cc5)cc4)c4ccccc4-c4ccccc43)cc2)cc1. The summed E-state index contributed by atoms with van der Waals surface area (Å²) in [7, 11) is 0. The van der Waals surface area contributed by atoms with Gasteiger partial charge in [-0.25, -0.2) is 0 Å². The van der Waals surface area contributed by atoms with E-state index in [2.05, 4.69) is 121 Å². The largest absolute Gasteiger partial charge is 0.457 e. The molecule has 7 rings (SSSR count). The van der Waals surface area contributed by atoms with E-state index in [-0.39, 0.29) is 0 Å². The lowest BCUT2D eigenvalue weighted by molar-refractivity contribution is 0.482. The molecule has 6 aromatic rings. The van der Waals surface area contributed by atoms with Gasteiger partial charge in [-0.2, -0.15) is 0 Å². The predicted octanol–water partition coefficient (Wildman–Crippen LogP) is 10.4. The summed E-state index contributed by atoms with van der Waals surface area (Å²) in [6.07, 6.45) is 0. The molecule has 0 spiro atoms. The molecule has 0 saturated heterocycles. The number of hydrogen-bond donors (Lipinski definition) is 0. The lowest BCUT2D eigenvalue weighted by Gasteiger charge is -2.34. The van der Waals surface area contributed by atoms with Crippen molar-refractivity contribution < 1.29 is 9.47 Å². The molecule has 0 fully saturated rings. The molecule has 0 N–H and O–H groups in total. The Morgan fingerprint density at radius 2 is 0.733 bits per heavy atom. The molecule has 2 nitrogen and oxygen atoms in total. The Morgan fingerprint density at radius 1 is 0.400 bits per heavy atom. The number of ether oxygens (including phenoxy) is 2. The van der Waals surface area contributed by atoms with Crippen molar-refractivity contribution in [3.8, 4) is 57.8 Å². The first-order chi connectivity index (χ1) is 22.2. The summed E-state index contributed by atoms with van der Waals surface area (Å²) in [4.78, 5) is 0. The van der Waals surface area contributed by atoms with Crippen LogP contribution >= 0.6 is 0 Å². The number of benzene rings is 6. The van der Waals surface area contributed by atoms with Crippen molar-refractivity contribution in [3.05, 3.63) is 179 Å². The fraction of sp³-hybridized carbons (Fsp3) is 0.0698. The maximum atomic E-state index is 6.23. The van der Waals surface area contributed by atoms with Crippen molar-refractivity contribution in [2.24, 2.45) is 0 Å². The molecule has 0 aromatic heterocycles. The van der Waals surface area contributed by atoms with E-state index in [1.165, 1.54) is 33.4 Å². The Labute approximate surface area is 264 Å². The molecule has 0 amide bonds. The molecule has 0 unspecified atom stereocenters. The summed E-state index contributed by atoms with van der Waals surface area (Å²) in [5.41, 5.74) is 8.78. The van der Waals surface area contributed by atoms with Crippen LogP contribution in [0.5, 0.6) is 23.0 Å². The van der Waals surface area contributed by atoms with Gasteiger partial charge in [-0.05, 0) is 120 Å². The fourth-order valence-corrected chi connectivity index (χ4v) is 6.34. The highest BCUT2D eigenvalue weighted by Crippen LogP contribution is 2.56. The zero-order valence-corrected chi connectivity index (χ0v) is 25.2. The van der Waals surface area contributed by atoms with E-state index in [0.717, 1.165) is 34.1 Å². The molecule has 1 aliphatic rings. The van der Waals surface area contributed by atoms with Crippen molar-refractivity contribution in [1.82, 2.24) is 0 Å². The lowest BCUT2D eigenvalue weighted by Crippen LogP contribution is -2.28. The monoisotopic (exact) mass is 578 g/mol. The molecular weight excluding hydrogens is 548 g/mol. The second-order valence-corrected chi connectivity index (χ2v) is 10.9. The molecule has 0 saturated carbocycles. The quantitative estimate of drug-likeness (QED) is 0.183. The average Bonchev–Trinajstić information content (AvgIpc) is 3.39. The van der Waals surface area contributed by atoms with Crippen LogP contribution in [0.4, 0.5) is 0 Å². The Hall–Kier alpha value is -5.96. The maximum Gasteiger partial charge on any atom is 0.127 e. The van der Waals surface area contributed by atoms with E-state index in [0.29, 0.717) is 0 Å². The predicted molar refractivity (Wildman–Crippen MR) is 182 cm³/mol. The van der Waals surface area contributed by atoms with E-state index < -0.39 is 5.41 Å². The zero-order valence-electron chi connectivity index (χ0n) is 25.2. The molecule has 214 valence electrons. The second kappa shape index (κ2) is 12.0. The van der Waals surface area contributed by atoms with E-state index >= 15 is 0 Å². The molecule has 0 bridgehead atoms. The van der Waals surface area contributed by atoms with Crippen LogP contribution in [0.25, 0.3) is 11.1 Å². The van der Waals surface area contributed by atoms with Crippen molar-refractivity contribution >= 4 is 0 Å². The van der Waals surface area contributed by atoms with Crippen LogP contribution in [0, 0.1) is 23.7 Å². The molecule has 6 aromatic carbocycles. The zero-order chi connectivity index (χ0) is 30.6. The minimum absolute atomic E-state index is 0.509. The van der Waals surface area contributed by atoms with Crippen molar-refractivity contribution in [2.75, 3.05) is 0 Å². The first-order valence-corrected chi connectivity index (χ1v) is 15.0. The van der Waals surface area contributed by atoms with Gasteiger partial charge in [0.25, 0.3) is 0 Å². The normalized spacial score (nSPS) is 12.0. The van der Waals surface area contributed by atoms with Crippen LogP contribution in [0.15, 0.2) is 146 Å². The van der Waals surface area contributed by atoms with Gasteiger partial charge >= 0.3 is 0 Å². The van der Waals surface area contributed by atoms with Gasteiger partial charge in [0, 0.05) is 11.1 Å². The standard InChI is InChI=1S/C43H30O2/c1-3-9-31-15-23-35(24-16-31)44-37-27-19-33(20-28-37)43(41-13-7-5-11-39(41)40-12-6-8-14-42(40)43)34-21-29-38(30-22-34)45-36-25-17-32(10-4-2)18-26-36/h5-8,11-30H,1-2H3. The summed E-state index contributed by atoms with van der Waals surface area (Å²) in [6.45, 7) is 3.68. The van der Waals surface area contributed by atoms with Gasteiger partial charge < -0.3 is 9.47 Å². The summed E-state index contributed by atoms with van der Waals surface area (Å²) >= 11 is 0. The molecular formula is C43H30O2. The van der Waals surface area contributed by atoms with Gasteiger partial charge in [-0.15, -0.1) is 11.8 Å². The van der Waals surface area contributed by atoms with Crippen molar-refractivity contribution in [1.29, 1.82) is 0 Å². The van der Waals surface area contributed by atoms with E-state index in [4.69, 9.17) is 9.47 Å². The van der Waals surface area contributed by atoms with Gasteiger partial charge in [-0.1, -0.05) is 84.6 Å². The molecule has 0 aliphatic heterocycles. The summed E-state index contributed by atoms with van der Waals surface area (Å²) in [5.74, 6) is 15.1. The summed E-state index contributed by atoms with van der Waals surface area (Å²) < 4.78 is 12.5. The highest BCUT2D eigenvalue weighted by atomic mass is 16.5. The molecule has 2 heteroatoms. The van der Waals surface area contributed by atoms with Gasteiger partial charge in [0.15, 0.2) is 0 Å². The average molecular weight is 579 g/mol. The van der Waals surface area contributed by atoms with Crippen LogP contribution in [0.3, 0.4) is 0 Å². The van der Waals surface area contributed by atoms with E-state index in [1.807, 2.05) is 62.4 Å². The lowest BCUT2D eigenvalue weighted by atomic mass is 9.68. The van der Waals surface area contributed by atoms with Gasteiger partial charge in [-0.3, -0.25) is 0 Å². The molecule has 45 heavy (non-hydrogen) atoms. The number of hydrogen-bond acceptors (Lipinski definition) is 2. The van der Waals surface area contributed by atoms with Gasteiger partial charge in [0.1, 0.15) is 23.0 Å². The maximum absolute atomic E-state index is 6.23. The van der Waals surface area contributed by atoms with Crippen LogP contribution in [0.1, 0.15) is 47.2 Å². The molecule has 0 heterocycles. The molecule has 0 radical (unpaired) electrons. The first-order valence-electron chi connectivity index (χ1n) is 15.0. The van der Waals surface area contributed by atoms with Crippen LogP contribution in [-0.4, -0.2) is 0 Å². The highest BCUT2D eigenvalue weighted by Gasteiger charge is 2.45. The minimum Gasteiger partial charge on any atom is -0.457 e. The second-order valence-electron chi connectivity index (χ2n) is 10.9. The van der Waals surface area contributed by atoms with Crippen LogP contribution < -0.4 is 9.47 Å². The minimum atomic E-state index is -0.509.